The molecule has 1 atom stereocenters. The number of benzodiazepines with no additional fused rings is 1. The number of nitrogens with two attached hydrogens (primary N) is 1. The van der Waals surface area contributed by atoms with E-state index in [1.807, 2.05) is 0 Å². The number of aliphatic imine (C=N–C) groups is 1. The number of benzene rings is 2. The molecule has 0 unspecified atom stereocenters. The first-order valence-electron chi connectivity index (χ1n) is 7.17. The van der Waals surface area contributed by atoms with Crippen LogP contribution in [0, 0.1) is 0 Å². The van der Waals surface area contributed by atoms with Gasteiger partial charge in [0.1, 0.15) is 0 Å². The summed E-state index contributed by atoms with van der Waals surface area (Å²) in [5.74, 6) is -0.385. The first-order chi connectivity index (χ1) is 11.3. The van der Waals surface area contributed by atoms with Crippen molar-refractivity contribution >= 4 is 17.3 Å². The second-order valence-corrected chi connectivity index (χ2v) is 5.41. The van der Waals surface area contributed by atoms with Crippen LogP contribution in [0.1, 0.15) is 16.7 Å². The first-order valence-corrected chi connectivity index (χ1v) is 7.17. The Kier molecular flexibility index (Phi) is 3.88. The Bertz CT molecular complexity index is 813. The molecule has 2 aromatic rings. The van der Waals surface area contributed by atoms with Crippen LogP contribution in [-0.2, 0) is 11.0 Å². The summed E-state index contributed by atoms with van der Waals surface area (Å²) in [6, 6.07) is 11.7. The highest BCUT2D eigenvalue weighted by Gasteiger charge is 2.31. The minimum absolute atomic E-state index is 0.385. The van der Waals surface area contributed by atoms with Gasteiger partial charge in [-0.1, -0.05) is 30.3 Å². The lowest BCUT2D eigenvalue weighted by molar-refractivity contribution is -0.137. The lowest BCUT2D eigenvalue weighted by Crippen LogP contribution is -2.39. The summed E-state index contributed by atoms with van der Waals surface area (Å²) in [7, 11) is 1.59. The average Bonchev–Trinajstić information content (AvgIpc) is 2.65. The molecule has 0 bridgehead atoms. The van der Waals surface area contributed by atoms with Gasteiger partial charge in [0, 0.05) is 18.2 Å². The van der Waals surface area contributed by atoms with Crippen molar-refractivity contribution < 1.29 is 18.0 Å². The van der Waals surface area contributed by atoms with Crippen LogP contribution in [0.15, 0.2) is 53.5 Å². The molecule has 2 N–H and O–H groups in total. The number of carbonyl (C=O) groups is 1. The molecule has 0 spiro atoms. The van der Waals surface area contributed by atoms with Gasteiger partial charge in [0.2, 0.25) is 0 Å². The second-order valence-electron chi connectivity index (χ2n) is 5.41. The largest absolute Gasteiger partial charge is 0.416 e. The molecule has 1 heterocycles. The minimum Gasteiger partial charge on any atom is -0.312 e. The molecule has 1 amide bonds. The smallest absolute Gasteiger partial charge is 0.312 e. The van der Waals surface area contributed by atoms with Crippen LogP contribution in [0.3, 0.4) is 0 Å². The summed E-state index contributed by atoms with van der Waals surface area (Å²) in [5, 5.41) is 0. The van der Waals surface area contributed by atoms with Gasteiger partial charge in [-0.15, -0.1) is 0 Å². The number of amides is 1. The third-order valence-corrected chi connectivity index (χ3v) is 3.86. The fourth-order valence-electron chi connectivity index (χ4n) is 2.59. The molecule has 0 saturated carbocycles. The maximum Gasteiger partial charge on any atom is 0.416 e. The summed E-state index contributed by atoms with van der Waals surface area (Å²) >= 11 is 0. The summed E-state index contributed by atoms with van der Waals surface area (Å²) < 4.78 is 38.2. The molecule has 0 radical (unpaired) electrons. The Balaban J connectivity index is 2.13. The zero-order valence-corrected chi connectivity index (χ0v) is 12.7. The molecule has 124 valence electrons. The van der Waals surface area contributed by atoms with Gasteiger partial charge in [-0.25, -0.2) is 0 Å². The van der Waals surface area contributed by atoms with Gasteiger partial charge in [-0.05, 0) is 18.2 Å². The van der Waals surface area contributed by atoms with Crippen molar-refractivity contribution in [1.29, 1.82) is 0 Å². The van der Waals surface area contributed by atoms with Crippen LogP contribution in [0.25, 0.3) is 0 Å². The molecule has 4 nitrogen and oxygen atoms in total. The third-order valence-electron chi connectivity index (χ3n) is 3.86. The molecular formula is C17H14F3N3O. The molecular weight excluding hydrogens is 319 g/mol. The van der Waals surface area contributed by atoms with Crippen molar-refractivity contribution in [1.82, 2.24) is 0 Å². The van der Waals surface area contributed by atoms with Crippen LogP contribution in [0.4, 0.5) is 18.9 Å². The van der Waals surface area contributed by atoms with E-state index < -0.39 is 17.9 Å². The van der Waals surface area contributed by atoms with E-state index in [-0.39, 0.29) is 5.91 Å². The zero-order valence-electron chi connectivity index (χ0n) is 12.7. The van der Waals surface area contributed by atoms with E-state index in [1.54, 1.807) is 31.3 Å². The standard InChI is InChI=1S/C17H14F3N3O/c1-23-13-5-3-2-4-12(13)14(22-15(21)16(23)24)10-6-8-11(9-7-10)17(18,19)20/h2-9,15H,21H2,1H3/t15-/m1/s1. The number of hydrogen-bond donors (Lipinski definition) is 1. The average molecular weight is 333 g/mol. The van der Waals surface area contributed by atoms with E-state index in [2.05, 4.69) is 4.99 Å². The number of halogens is 3. The minimum atomic E-state index is -4.41. The molecule has 1 aliphatic rings. The van der Waals surface area contributed by atoms with Crippen LogP contribution in [-0.4, -0.2) is 24.8 Å². The number of para-hydroxylation sites is 1. The number of hydrogen-bond acceptors (Lipinski definition) is 3. The monoisotopic (exact) mass is 333 g/mol. The topological polar surface area (TPSA) is 58.7 Å². The number of rotatable bonds is 1. The number of carbonyl (C=O) groups excluding carboxylic acids is 1. The molecule has 24 heavy (non-hydrogen) atoms. The van der Waals surface area contributed by atoms with E-state index in [1.165, 1.54) is 17.0 Å². The van der Waals surface area contributed by atoms with E-state index in [0.717, 1.165) is 12.1 Å². The number of anilines is 1. The number of likely N-dealkylation sites (N-methyl/N-ethyl adjacent to an activating group) is 1. The van der Waals surface area contributed by atoms with Gasteiger partial charge in [-0.2, -0.15) is 13.2 Å². The maximum absolute atomic E-state index is 12.7. The van der Waals surface area contributed by atoms with Gasteiger partial charge in [0.05, 0.1) is 17.0 Å². The van der Waals surface area contributed by atoms with Gasteiger partial charge >= 0.3 is 6.18 Å². The highest BCUT2D eigenvalue weighted by molar-refractivity contribution is 6.19. The fourth-order valence-corrected chi connectivity index (χ4v) is 2.59. The second kappa shape index (κ2) is 5.76. The van der Waals surface area contributed by atoms with Crippen molar-refractivity contribution in [2.45, 2.75) is 12.3 Å². The normalized spacial score (nSPS) is 18.0. The Morgan fingerprint density at radius 3 is 2.33 bits per heavy atom. The molecule has 7 heteroatoms. The molecule has 3 rings (SSSR count). The number of alkyl halides is 3. The predicted molar refractivity (Wildman–Crippen MR) is 84.9 cm³/mol. The number of nitrogens with zero attached hydrogens (tertiary/aromatic N) is 2. The van der Waals surface area contributed by atoms with Crippen LogP contribution in [0.2, 0.25) is 0 Å². The van der Waals surface area contributed by atoms with Crippen molar-refractivity contribution in [2.75, 3.05) is 11.9 Å². The van der Waals surface area contributed by atoms with Crippen LogP contribution >= 0.6 is 0 Å². The van der Waals surface area contributed by atoms with E-state index in [4.69, 9.17) is 5.73 Å². The Morgan fingerprint density at radius 2 is 1.71 bits per heavy atom. The summed E-state index contributed by atoms with van der Waals surface area (Å²) in [6.07, 6.45) is -5.52. The lowest BCUT2D eigenvalue weighted by Gasteiger charge is -2.18. The predicted octanol–water partition coefficient (Wildman–Crippen LogP) is 2.80. The van der Waals surface area contributed by atoms with Crippen LogP contribution in [0.5, 0.6) is 0 Å². The molecule has 0 aromatic heterocycles. The molecule has 0 saturated heterocycles. The zero-order chi connectivity index (χ0) is 17.5. The van der Waals surface area contributed by atoms with Crippen molar-refractivity contribution in [3.05, 3.63) is 65.2 Å². The third kappa shape index (κ3) is 2.78. The van der Waals surface area contributed by atoms with Crippen molar-refractivity contribution in [2.24, 2.45) is 10.7 Å². The van der Waals surface area contributed by atoms with E-state index in [9.17, 15) is 18.0 Å². The first kappa shape index (κ1) is 16.2. The fraction of sp³-hybridized carbons (Fsp3) is 0.176. The maximum atomic E-state index is 12.7. The van der Waals surface area contributed by atoms with Crippen molar-refractivity contribution in [3.8, 4) is 0 Å². The SMILES string of the molecule is CN1C(=O)[C@H](N)N=C(c2ccc(C(F)(F)F)cc2)c2ccccc21. The quantitative estimate of drug-likeness (QED) is 0.872. The van der Waals surface area contributed by atoms with Gasteiger partial charge in [0.25, 0.3) is 5.91 Å². The van der Waals surface area contributed by atoms with Crippen LogP contribution < -0.4 is 10.6 Å². The summed E-state index contributed by atoms with van der Waals surface area (Å²) in [6.45, 7) is 0. The van der Waals surface area contributed by atoms with Gasteiger partial charge in [0.15, 0.2) is 6.17 Å². The molecule has 0 aliphatic carbocycles. The Morgan fingerprint density at radius 1 is 1.08 bits per heavy atom. The van der Waals surface area contributed by atoms with Gasteiger partial charge < -0.3 is 10.6 Å². The molecule has 1 aliphatic heterocycles. The summed E-state index contributed by atoms with van der Waals surface area (Å²) in [4.78, 5) is 17.9. The molecule has 2 aromatic carbocycles. The highest BCUT2D eigenvalue weighted by atomic mass is 19.4. The van der Waals surface area contributed by atoms with Gasteiger partial charge in [-0.3, -0.25) is 9.79 Å². The summed E-state index contributed by atoms with van der Waals surface area (Å²) in [5.41, 5.74) is 7.18. The Hall–Kier alpha value is -2.67. The van der Waals surface area contributed by atoms with E-state index in [0.29, 0.717) is 22.5 Å². The Labute approximate surface area is 136 Å². The van der Waals surface area contributed by atoms with Crippen molar-refractivity contribution in [3.63, 3.8) is 0 Å². The number of fused-ring (bicyclic) bond motifs is 1. The molecule has 0 fully saturated rings. The lowest BCUT2D eigenvalue weighted by atomic mass is 9.99. The van der Waals surface area contributed by atoms with E-state index >= 15 is 0 Å². The highest BCUT2D eigenvalue weighted by Crippen LogP contribution is 2.31.